The number of hydrogen-bond donors (Lipinski definition) is 0. The molecule has 148 valence electrons. The fraction of sp³-hybridized carbons (Fsp3) is 0.522. The Hall–Kier alpha value is -2.43. The van der Waals surface area contributed by atoms with Gasteiger partial charge in [-0.15, -0.1) is 0 Å². The molecule has 1 saturated heterocycles. The molecule has 5 heteroatoms. The van der Waals surface area contributed by atoms with Crippen LogP contribution in [0, 0.1) is 5.92 Å². The second-order valence-electron chi connectivity index (χ2n) is 8.34. The van der Waals surface area contributed by atoms with Gasteiger partial charge in [-0.25, -0.2) is 9.97 Å². The third-order valence-corrected chi connectivity index (χ3v) is 6.14. The molecule has 1 aliphatic carbocycles. The number of aromatic nitrogens is 2. The molecule has 1 atom stereocenters. The van der Waals surface area contributed by atoms with Crippen LogP contribution in [0.4, 0.5) is 5.82 Å². The summed E-state index contributed by atoms with van der Waals surface area (Å²) in [5, 5.41) is 0. The van der Waals surface area contributed by atoms with Crippen LogP contribution < -0.4 is 4.90 Å². The van der Waals surface area contributed by atoms with Gasteiger partial charge in [-0.2, -0.15) is 0 Å². The first-order valence-electron chi connectivity index (χ1n) is 10.5. The van der Waals surface area contributed by atoms with E-state index in [2.05, 4.69) is 30.9 Å². The summed E-state index contributed by atoms with van der Waals surface area (Å²) in [5.41, 5.74) is 3.55. The van der Waals surface area contributed by atoms with E-state index in [1.807, 2.05) is 30.1 Å². The van der Waals surface area contributed by atoms with Gasteiger partial charge in [0.2, 0.25) is 5.91 Å². The normalized spacial score (nSPS) is 19.0. The van der Waals surface area contributed by atoms with Crippen molar-refractivity contribution in [1.82, 2.24) is 14.9 Å². The number of benzene rings is 1. The van der Waals surface area contributed by atoms with Gasteiger partial charge < -0.3 is 9.80 Å². The van der Waals surface area contributed by atoms with E-state index < -0.39 is 0 Å². The van der Waals surface area contributed by atoms with Crippen LogP contribution in [0.25, 0.3) is 11.4 Å². The maximum absolute atomic E-state index is 12.9. The quantitative estimate of drug-likeness (QED) is 0.814. The molecule has 4 rings (SSSR count). The zero-order valence-corrected chi connectivity index (χ0v) is 17.2. The van der Waals surface area contributed by atoms with E-state index in [4.69, 9.17) is 9.97 Å². The van der Waals surface area contributed by atoms with Crippen molar-refractivity contribution in [2.24, 2.45) is 5.92 Å². The van der Waals surface area contributed by atoms with Gasteiger partial charge >= 0.3 is 0 Å². The Morgan fingerprint density at radius 1 is 1.14 bits per heavy atom. The van der Waals surface area contributed by atoms with Crippen molar-refractivity contribution in [3.05, 3.63) is 41.6 Å². The van der Waals surface area contributed by atoms with Crippen LogP contribution in [-0.2, 0) is 17.6 Å². The molecule has 0 unspecified atom stereocenters. The fourth-order valence-corrected chi connectivity index (χ4v) is 4.30. The monoisotopic (exact) mass is 378 g/mol. The molecule has 0 radical (unpaired) electrons. The van der Waals surface area contributed by atoms with E-state index in [0.29, 0.717) is 0 Å². The number of piperidine rings is 1. The molecular weight excluding hydrogens is 348 g/mol. The summed E-state index contributed by atoms with van der Waals surface area (Å²) in [6.07, 6.45) is 5.20. The minimum atomic E-state index is 0.0494. The highest BCUT2D eigenvalue weighted by molar-refractivity contribution is 5.80. The molecule has 0 bridgehead atoms. The molecule has 2 heterocycles. The van der Waals surface area contributed by atoms with E-state index in [9.17, 15) is 4.79 Å². The van der Waals surface area contributed by atoms with Crippen molar-refractivity contribution in [3.63, 3.8) is 0 Å². The standard InChI is InChI=1S/C23H30N4O/c1-16(2)26(3)23(28)18-11-8-14-27(15-18)22-19-12-7-13-20(19)24-21(25-22)17-9-5-4-6-10-17/h4-6,9-10,16,18H,7-8,11-15H2,1-3H3/t18-/m1/s1. The third-order valence-electron chi connectivity index (χ3n) is 6.14. The van der Waals surface area contributed by atoms with E-state index in [1.54, 1.807) is 0 Å². The van der Waals surface area contributed by atoms with Gasteiger partial charge in [-0.3, -0.25) is 4.79 Å². The van der Waals surface area contributed by atoms with Crippen molar-refractivity contribution < 1.29 is 4.79 Å². The topological polar surface area (TPSA) is 49.3 Å². The molecular formula is C23H30N4O. The maximum atomic E-state index is 12.9. The minimum Gasteiger partial charge on any atom is -0.355 e. The summed E-state index contributed by atoms with van der Waals surface area (Å²) in [5.74, 6) is 2.18. The summed E-state index contributed by atoms with van der Waals surface area (Å²) >= 11 is 0. The summed E-state index contributed by atoms with van der Waals surface area (Å²) < 4.78 is 0. The van der Waals surface area contributed by atoms with Gasteiger partial charge in [0.15, 0.2) is 5.82 Å². The molecule has 1 aromatic carbocycles. The number of nitrogens with zero attached hydrogens (tertiary/aromatic N) is 4. The first-order chi connectivity index (χ1) is 13.5. The number of hydrogen-bond acceptors (Lipinski definition) is 4. The summed E-state index contributed by atoms with van der Waals surface area (Å²) in [4.78, 5) is 27.0. The highest BCUT2D eigenvalue weighted by Gasteiger charge is 2.32. The van der Waals surface area contributed by atoms with Crippen molar-refractivity contribution in [1.29, 1.82) is 0 Å². The first-order valence-corrected chi connectivity index (χ1v) is 10.5. The van der Waals surface area contributed by atoms with Crippen LogP contribution in [0.1, 0.15) is 44.4 Å². The average molecular weight is 379 g/mol. The Bertz CT molecular complexity index is 849. The Morgan fingerprint density at radius 2 is 1.93 bits per heavy atom. The van der Waals surface area contributed by atoms with Crippen molar-refractivity contribution >= 4 is 11.7 Å². The smallest absolute Gasteiger partial charge is 0.227 e. The van der Waals surface area contributed by atoms with Crippen LogP contribution in [0.5, 0.6) is 0 Å². The molecule has 1 amide bonds. The number of carbonyl (C=O) groups excluding carboxylic acids is 1. The van der Waals surface area contributed by atoms with E-state index >= 15 is 0 Å². The Balaban J connectivity index is 1.65. The molecule has 0 N–H and O–H groups in total. The van der Waals surface area contributed by atoms with Gasteiger partial charge in [0.25, 0.3) is 0 Å². The number of anilines is 1. The van der Waals surface area contributed by atoms with Crippen LogP contribution in [0.2, 0.25) is 0 Å². The summed E-state index contributed by atoms with van der Waals surface area (Å²) in [6.45, 7) is 5.87. The number of rotatable bonds is 4. The third kappa shape index (κ3) is 3.62. The lowest BCUT2D eigenvalue weighted by Crippen LogP contribution is -2.46. The van der Waals surface area contributed by atoms with E-state index in [0.717, 1.165) is 62.4 Å². The van der Waals surface area contributed by atoms with E-state index in [-0.39, 0.29) is 17.9 Å². The summed E-state index contributed by atoms with van der Waals surface area (Å²) in [7, 11) is 1.92. The minimum absolute atomic E-state index is 0.0494. The van der Waals surface area contributed by atoms with E-state index in [1.165, 1.54) is 11.3 Å². The second kappa shape index (κ2) is 7.90. The molecule has 28 heavy (non-hydrogen) atoms. The molecule has 5 nitrogen and oxygen atoms in total. The SMILES string of the molecule is CC(C)N(C)C(=O)[C@@H]1CCCN(c2nc(-c3ccccc3)nc3c2CCC3)C1. The summed E-state index contributed by atoms with van der Waals surface area (Å²) in [6, 6.07) is 10.5. The largest absolute Gasteiger partial charge is 0.355 e. The van der Waals surface area contributed by atoms with Crippen LogP contribution >= 0.6 is 0 Å². The number of fused-ring (bicyclic) bond motifs is 1. The highest BCUT2D eigenvalue weighted by atomic mass is 16.2. The predicted molar refractivity (Wildman–Crippen MR) is 112 cm³/mol. The Kier molecular flexibility index (Phi) is 5.33. The van der Waals surface area contributed by atoms with Crippen LogP contribution in [-0.4, -0.2) is 47.0 Å². The molecule has 2 aliphatic rings. The fourth-order valence-electron chi connectivity index (χ4n) is 4.30. The highest BCUT2D eigenvalue weighted by Crippen LogP contribution is 2.33. The lowest BCUT2D eigenvalue weighted by molar-refractivity contribution is -0.135. The zero-order valence-electron chi connectivity index (χ0n) is 17.2. The Labute approximate surface area is 167 Å². The molecule has 0 spiro atoms. The number of aryl methyl sites for hydroxylation is 1. The lowest BCUT2D eigenvalue weighted by Gasteiger charge is -2.36. The molecule has 1 fully saturated rings. The Morgan fingerprint density at radius 3 is 2.68 bits per heavy atom. The molecule has 1 aliphatic heterocycles. The van der Waals surface area contributed by atoms with Crippen LogP contribution in [0.15, 0.2) is 30.3 Å². The predicted octanol–water partition coefficient (Wildman–Crippen LogP) is 3.72. The van der Waals surface area contributed by atoms with Gasteiger partial charge in [-0.1, -0.05) is 30.3 Å². The van der Waals surface area contributed by atoms with Crippen molar-refractivity contribution in [2.45, 2.75) is 52.0 Å². The second-order valence-corrected chi connectivity index (χ2v) is 8.34. The number of carbonyl (C=O) groups is 1. The maximum Gasteiger partial charge on any atom is 0.227 e. The van der Waals surface area contributed by atoms with Crippen molar-refractivity contribution in [3.8, 4) is 11.4 Å². The first kappa shape index (κ1) is 18.9. The van der Waals surface area contributed by atoms with Gasteiger partial charge in [0.1, 0.15) is 5.82 Å². The average Bonchev–Trinajstić information content (AvgIpc) is 3.21. The van der Waals surface area contributed by atoms with Gasteiger partial charge in [0, 0.05) is 43.0 Å². The molecule has 0 saturated carbocycles. The molecule has 2 aromatic rings. The van der Waals surface area contributed by atoms with Crippen molar-refractivity contribution in [2.75, 3.05) is 25.0 Å². The lowest BCUT2D eigenvalue weighted by atomic mass is 9.95. The number of amides is 1. The van der Waals surface area contributed by atoms with Gasteiger partial charge in [0.05, 0.1) is 5.92 Å². The zero-order chi connectivity index (χ0) is 19.7. The molecule has 1 aromatic heterocycles. The van der Waals surface area contributed by atoms with Gasteiger partial charge in [-0.05, 0) is 46.0 Å². The van der Waals surface area contributed by atoms with Crippen LogP contribution in [0.3, 0.4) is 0 Å².